The molecule has 1 aliphatic heterocycles. The van der Waals surface area contributed by atoms with E-state index in [0.717, 1.165) is 17.6 Å². The summed E-state index contributed by atoms with van der Waals surface area (Å²) in [4.78, 5) is 6.08. The predicted octanol–water partition coefficient (Wildman–Crippen LogP) is 2.58. The molecule has 2 rings (SSSR count). The molecule has 1 aromatic heterocycles. The third kappa shape index (κ3) is 4.98. The minimum atomic E-state index is 0.856. The summed E-state index contributed by atoms with van der Waals surface area (Å²) in [7, 11) is 2.21. The van der Waals surface area contributed by atoms with Gasteiger partial charge in [0.15, 0.2) is 6.39 Å². The van der Waals surface area contributed by atoms with Crippen molar-refractivity contribution in [2.45, 2.75) is 27.2 Å². The lowest BCUT2D eigenvalue weighted by atomic mass is 9.92. The van der Waals surface area contributed by atoms with Crippen LogP contribution in [-0.2, 0) is 0 Å². The third-order valence-electron chi connectivity index (χ3n) is 2.61. The van der Waals surface area contributed by atoms with Crippen LogP contribution in [0.3, 0.4) is 0 Å². The Morgan fingerprint density at radius 2 is 1.93 bits per heavy atom. The number of hydrogen-bond acceptors (Lipinski definition) is 3. The summed E-state index contributed by atoms with van der Waals surface area (Å²) in [5.41, 5.74) is 0. The summed E-state index contributed by atoms with van der Waals surface area (Å²) in [5.74, 6) is 2.69. The van der Waals surface area contributed by atoms with Crippen LogP contribution in [0.1, 0.15) is 26.0 Å². The van der Waals surface area contributed by atoms with Crippen molar-refractivity contribution in [2.75, 3.05) is 20.1 Å². The highest BCUT2D eigenvalue weighted by atomic mass is 16.3. The lowest BCUT2D eigenvalue weighted by Crippen LogP contribution is -2.35. The normalized spacial score (nSPS) is 26.9. The molecular weight excluding hydrogens is 188 g/mol. The molecule has 1 saturated heterocycles. The first-order valence-corrected chi connectivity index (χ1v) is 5.61. The number of aryl methyl sites for hydroxylation is 1. The molecule has 1 fully saturated rings. The Kier molecular flexibility index (Phi) is 4.82. The van der Waals surface area contributed by atoms with Gasteiger partial charge in [-0.15, -0.1) is 0 Å². The van der Waals surface area contributed by atoms with Gasteiger partial charge in [-0.1, -0.05) is 13.8 Å². The van der Waals surface area contributed by atoms with E-state index in [2.05, 4.69) is 30.8 Å². The first-order chi connectivity index (χ1) is 7.08. The van der Waals surface area contributed by atoms with Crippen LogP contribution >= 0.6 is 0 Å². The fourth-order valence-corrected chi connectivity index (χ4v) is 2.25. The average molecular weight is 210 g/mol. The number of hydrogen-bond donors (Lipinski definition) is 0. The van der Waals surface area contributed by atoms with Crippen molar-refractivity contribution in [2.24, 2.45) is 11.8 Å². The molecule has 2 heterocycles. The highest BCUT2D eigenvalue weighted by Gasteiger charge is 2.17. The SMILES string of the molecule is CC1CC(C)CN(C)C1.Cc1cnco1. The van der Waals surface area contributed by atoms with Crippen molar-refractivity contribution in [1.29, 1.82) is 0 Å². The quantitative estimate of drug-likeness (QED) is 0.659. The van der Waals surface area contributed by atoms with E-state index in [1.807, 2.05) is 6.92 Å². The molecule has 0 saturated carbocycles. The van der Waals surface area contributed by atoms with Gasteiger partial charge in [0, 0.05) is 13.1 Å². The zero-order valence-electron chi connectivity index (χ0n) is 10.2. The maximum absolute atomic E-state index is 4.72. The molecule has 0 bridgehead atoms. The van der Waals surface area contributed by atoms with Gasteiger partial charge < -0.3 is 9.32 Å². The average Bonchev–Trinajstić information content (AvgIpc) is 2.54. The van der Waals surface area contributed by atoms with E-state index >= 15 is 0 Å². The van der Waals surface area contributed by atoms with Crippen molar-refractivity contribution in [3.63, 3.8) is 0 Å². The molecule has 0 aromatic carbocycles. The minimum absolute atomic E-state index is 0.856. The second-order valence-electron chi connectivity index (χ2n) is 4.78. The molecule has 2 atom stereocenters. The van der Waals surface area contributed by atoms with E-state index in [4.69, 9.17) is 4.42 Å². The summed E-state index contributed by atoms with van der Waals surface area (Å²) in [6.45, 7) is 9.12. The number of likely N-dealkylation sites (tertiary alicyclic amines) is 1. The minimum Gasteiger partial charge on any atom is -0.449 e. The fourth-order valence-electron chi connectivity index (χ4n) is 2.25. The lowest BCUT2D eigenvalue weighted by Gasteiger charge is -2.31. The van der Waals surface area contributed by atoms with Gasteiger partial charge in [-0.05, 0) is 32.2 Å². The fraction of sp³-hybridized carbons (Fsp3) is 0.750. The molecule has 0 radical (unpaired) electrons. The summed E-state index contributed by atoms with van der Waals surface area (Å²) < 4.78 is 4.72. The van der Waals surface area contributed by atoms with Crippen LogP contribution in [0.15, 0.2) is 17.0 Å². The van der Waals surface area contributed by atoms with E-state index < -0.39 is 0 Å². The van der Waals surface area contributed by atoms with Gasteiger partial charge in [0.25, 0.3) is 0 Å². The highest BCUT2D eigenvalue weighted by molar-refractivity contribution is 4.81. The van der Waals surface area contributed by atoms with Gasteiger partial charge in [-0.25, -0.2) is 4.98 Å². The molecule has 2 unspecified atom stereocenters. The van der Waals surface area contributed by atoms with Gasteiger partial charge in [-0.2, -0.15) is 0 Å². The second kappa shape index (κ2) is 5.91. The van der Waals surface area contributed by atoms with E-state index in [1.165, 1.54) is 25.9 Å². The molecule has 3 nitrogen and oxygen atoms in total. The zero-order chi connectivity index (χ0) is 11.3. The van der Waals surface area contributed by atoms with E-state index in [1.54, 1.807) is 6.20 Å². The molecule has 3 heteroatoms. The Morgan fingerprint density at radius 3 is 2.20 bits per heavy atom. The maximum atomic E-state index is 4.72. The molecule has 0 amide bonds. The standard InChI is InChI=1S/C8H17N.C4H5NO/c1-7-4-8(2)6-9(3)5-7;1-4-2-5-3-6-4/h7-8H,4-6H2,1-3H3;2-3H,1H3. The Bertz CT molecular complexity index is 234. The molecule has 15 heavy (non-hydrogen) atoms. The van der Waals surface area contributed by atoms with Crippen molar-refractivity contribution in [1.82, 2.24) is 9.88 Å². The smallest absolute Gasteiger partial charge is 0.180 e. The monoisotopic (exact) mass is 210 g/mol. The summed E-state index contributed by atoms with van der Waals surface area (Å²) >= 11 is 0. The highest BCUT2D eigenvalue weighted by Crippen LogP contribution is 2.18. The summed E-state index contributed by atoms with van der Waals surface area (Å²) in [6.07, 6.45) is 4.50. The number of oxazole rings is 1. The van der Waals surface area contributed by atoms with Crippen LogP contribution in [0.2, 0.25) is 0 Å². The summed E-state index contributed by atoms with van der Waals surface area (Å²) in [5, 5.41) is 0. The van der Waals surface area contributed by atoms with Crippen LogP contribution in [-0.4, -0.2) is 30.0 Å². The van der Waals surface area contributed by atoms with Gasteiger partial charge in [-0.3, -0.25) is 0 Å². The largest absolute Gasteiger partial charge is 0.449 e. The van der Waals surface area contributed by atoms with Crippen molar-refractivity contribution in [3.8, 4) is 0 Å². The van der Waals surface area contributed by atoms with Gasteiger partial charge in [0.1, 0.15) is 5.76 Å². The predicted molar refractivity (Wildman–Crippen MR) is 61.7 cm³/mol. The molecule has 1 aliphatic rings. The number of piperidine rings is 1. The second-order valence-corrected chi connectivity index (χ2v) is 4.78. The van der Waals surface area contributed by atoms with E-state index in [9.17, 15) is 0 Å². The Balaban J connectivity index is 0.000000162. The maximum Gasteiger partial charge on any atom is 0.180 e. The number of aromatic nitrogens is 1. The van der Waals surface area contributed by atoms with Crippen LogP contribution in [0.5, 0.6) is 0 Å². The van der Waals surface area contributed by atoms with Gasteiger partial charge in [0.2, 0.25) is 0 Å². The topological polar surface area (TPSA) is 29.3 Å². The Labute approximate surface area is 92.5 Å². The number of nitrogens with zero attached hydrogens (tertiary/aromatic N) is 2. The Hall–Kier alpha value is -0.830. The molecule has 0 aliphatic carbocycles. The van der Waals surface area contributed by atoms with Crippen LogP contribution in [0, 0.1) is 18.8 Å². The third-order valence-corrected chi connectivity index (χ3v) is 2.61. The van der Waals surface area contributed by atoms with Crippen molar-refractivity contribution >= 4 is 0 Å². The van der Waals surface area contributed by atoms with Gasteiger partial charge >= 0.3 is 0 Å². The Morgan fingerprint density at radius 1 is 1.33 bits per heavy atom. The van der Waals surface area contributed by atoms with E-state index in [0.29, 0.717) is 0 Å². The van der Waals surface area contributed by atoms with E-state index in [-0.39, 0.29) is 0 Å². The lowest BCUT2D eigenvalue weighted by molar-refractivity contribution is 0.171. The number of rotatable bonds is 0. The van der Waals surface area contributed by atoms with Crippen LogP contribution in [0.25, 0.3) is 0 Å². The zero-order valence-corrected chi connectivity index (χ0v) is 10.2. The molecule has 0 spiro atoms. The molecule has 1 aromatic rings. The van der Waals surface area contributed by atoms with Crippen LogP contribution < -0.4 is 0 Å². The van der Waals surface area contributed by atoms with Crippen molar-refractivity contribution < 1.29 is 4.42 Å². The van der Waals surface area contributed by atoms with Gasteiger partial charge in [0.05, 0.1) is 6.20 Å². The summed E-state index contributed by atoms with van der Waals surface area (Å²) in [6, 6.07) is 0. The first kappa shape index (κ1) is 12.2. The first-order valence-electron chi connectivity index (χ1n) is 5.61. The van der Waals surface area contributed by atoms with Crippen molar-refractivity contribution in [3.05, 3.63) is 18.4 Å². The molecule has 0 N–H and O–H groups in total. The molecular formula is C12H22N2O. The van der Waals surface area contributed by atoms with Crippen LogP contribution in [0.4, 0.5) is 0 Å². The molecule has 86 valence electrons.